The summed E-state index contributed by atoms with van der Waals surface area (Å²) >= 11 is 8.44. The molecule has 0 aliphatic carbocycles. The first kappa shape index (κ1) is 17.4. The van der Waals surface area contributed by atoms with Gasteiger partial charge in [-0.05, 0) is 61.8 Å². The van der Waals surface area contributed by atoms with Crippen molar-refractivity contribution in [3.8, 4) is 5.75 Å². The van der Waals surface area contributed by atoms with Gasteiger partial charge in [0.25, 0.3) is 0 Å². The standard InChI is InChI=1S/C15H23BrN2OS/c1-10(2)18(11(3)4)7-8-19-14-6-5-12(15(17)20)9-13(14)16/h5-6,9-11H,7-8H2,1-4H3,(H2,17,20). The monoisotopic (exact) mass is 358 g/mol. The predicted octanol–water partition coefficient (Wildman–Crippen LogP) is 3.58. The highest BCUT2D eigenvalue weighted by molar-refractivity contribution is 9.10. The first-order valence-corrected chi connectivity index (χ1v) is 8.01. The fraction of sp³-hybridized carbons (Fsp3) is 0.533. The molecule has 0 heterocycles. The summed E-state index contributed by atoms with van der Waals surface area (Å²) < 4.78 is 6.71. The molecular weight excluding hydrogens is 336 g/mol. The number of benzene rings is 1. The van der Waals surface area contributed by atoms with Crippen LogP contribution in [0.15, 0.2) is 22.7 Å². The predicted molar refractivity (Wildman–Crippen MR) is 92.5 cm³/mol. The number of hydrogen-bond acceptors (Lipinski definition) is 3. The molecule has 0 fully saturated rings. The Morgan fingerprint density at radius 3 is 2.35 bits per heavy atom. The van der Waals surface area contributed by atoms with Gasteiger partial charge in [0.05, 0.1) is 4.47 Å². The SMILES string of the molecule is CC(C)N(CCOc1ccc(C(N)=S)cc1Br)C(C)C. The molecule has 0 amide bonds. The molecule has 0 aromatic heterocycles. The van der Waals surface area contributed by atoms with Gasteiger partial charge < -0.3 is 10.5 Å². The van der Waals surface area contributed by atoms with E-state index in [1.165, 1.54) is 0 Å². The van der Waals surface area contributed by atoms with Crippen molar-refractivity contribution in [2.75, 3.05) is 13.2 Å². The van der Waals surface area contributed by atoms with E-state index in [0.717, 1.165) is 22.3 Å². The second kappa shape index (κ2) is 7.96. The number of thiocarbonyl (C=S) groups is 1. The van der Waals surface area contributed by atoms with Crippen molar-refractivity contribution in [1.29, 1.82) is 0 Å². The molecule has 3 nitrogen and oxygen atoms in total. The zero-order valence-corrected chi connectivity index (χ0v) is 14.9. The molecule has 0 aliphatic rings. The number of ether oxygens (including phenoxy) is 1. The molecule has 0 aliphatic heterocycles. The van der Waals surface area contributed by atoms with Gasteiger partial charge >= 0.3 is 0 Å². The lowest BCUT2D eigenvalue weighted by molar-refractivity contribution is 0.141. The van der Waals surface area contributed by atoms with Crippen LogP contribution in [0.3, 0.4) is 0 Å². The van der Waals surface area contributed by atoms with Crippen LogP contribution in [0.1, 0.15) is 33.3 Å². The minimum Gasteiger partial charge on any atom is -0.491 e. The second-order valence-electron chi connectivity index (χ2n) is 5.28. The van der Waals surface area contributed by atoms with Crippen LogP contribution in [0, 0.1) is 0 Å². The number of nitrogens with two attached hydrogens (primary N) is 1. The molecule has 0 spiro atoms. The summed E-state index contributed by atoms with van der Waals surface area (Å²) in [5, 5.41) is 0. The Hall–Kier alpha value is -0.650. The Labute approximate surface area is 135 Å². The molecule has 0 atom stereocenters. The molecule has 1 aromatic carbocycles. The Bertz CT molecular complexity index is 455. The molecule has 0 unspecified atom stereocenters. The van der Waals surface area contributed by atoms with Crippen LogP contribution in [0.5, 0.6) is 5.75 Å². The zero-order chi connectivity index (χ0) is 15.3. The number of halogens is 1. The highest BCUT2D eigenvalue weighted by Gasteiger charge is 2.13. The molecule has 2 N–H and O–H groups in total. The number of nitrogens with zero attached hydrogens (tertiary/aromatic N) is 1. The molecule has 0 radical (unpaired) electrons. The van der Waals surface area contributed by atoms with E-state index in [-0.39, 0.29) is 0 Å². The lowest BCUT2D eigenvalue weighted by atomic mass is 10.2. The number of hydrogen-bond donors (Lipinski definition) is 1. The quantitative estimate of drug-likeness (QED) is 0.756. The minimum atomic E-state index is 0.392. The highest BCUT2D eigenvalue weighted by Crippen LogP contribution is 2.26. The third-order valence-electron chi connectivity index (χ3n) is 3.15. The van der Waals surface area contributed by atoms with Gasteiger partial charge in [0.2, 0.25) is 0 Å². The molecule has 5 heteroatoms. The Morgan fingerprint density at radius 2 is 1.90 bits per heavy atom. The van der Waals surface area contributed by atoms with Crippen LogP contribution in [-0.2, 0) is 0 Å². The number of rotatable bonds is 7. The average molecular weight is 359 g/mol. The van der Waals surface area contributed by atoms with E-state index in [1.54, 1.807) is 0 Å². The van der Waals surface area contributed by atoms with Gasteiger partial charge in [-0.15, -0.1) is 0 Å². The van der Waals surface area contributed by atoms with E-state index in [4.69, 9.17) is 22.7 Å². The van der Waals surface area contributed by atoms with E-state index in [2.05, 4.69) is 48.5 Å². The zero-order valence-electron chi connectivity index (χ0n) is 12.5. The van der Waals surface area contributed by atoms with Crippen molar-refractivity contribution >= 4 is 33.1 Å². The molecule has 0 saturated carbocycles. The Morgan fingerprint density at radius 1 is 1.30 bits per heavy atom. The molecule has 112 valence electrons. The summed E-state index contributed by atoms with van der Waals surface area (Å²) in [6.07, 6.45) is 0. The lowest BCUT2D eigenvalue weighted by Crippen LogP contribution is -2.39. The minimum absolute atomic E-state index is 0.392. The maximum absolute atomic E-state index is 5.83. The van der Waals surface area contributed by atoms with Crippen LogP contribution in [-0.4, -0.2) is 35.1 Å². The molecule has 1 rings (SSSR count). The Balaban J connectivity index is 2.60. The van der Waals surface area contributed by atoms with Crippen LogP contribution in [0.2, 0.25) is 0 Å². The first-order chi connectivity index (χ1) is 9.32. The largest absolute Gasteiger partial charge is 0.491 e. The van der Waals surface area contributed by atoms with Crippen LogP contribution >= 0.6 is 28.1 Å². The van der Waals surface area contributed by atoms with E-state index in [1.807, 2.05) is 18.2 Å². The lowest BCUT2D eigenvalue weighted by Gasteiger charge is -2.30. The third-order valence-corrected chi connectivity index (χ3v) is 4.01. The van der Waals surface area contributed by atoms with E-state index >= 15 is 0 Å². The first-order valence-electron chi connectivity index (χ1n) is 6.80. The van der Waals surface area contributed by atoms with Crippen molar-refractivity contribution in [2.24, 2.45) is 5.73 Å². The second-order valence-corrected chi connectivity index (χ2v) is 6.58. The Kier molecular flexibility index (Phi) is 6.92. The molecule has 0 saturated heterocycles. The smallest absolute Gasteiger partial charge is 0.133 e. The van der Waals surface area contributed by atoms with Crippen molar-refractivity contribution in [1.82, 2.24) is 4.90 Å². The van der Waals surface area contributed by atoms with Gasteiger partial charge in [-0.3, -0.25) is 4.90 Å². The van der Waals surface area contributed by atoms with Crippen molar-refractivity contribution in [3.63, 3.8) is 0 Å². The molecular formula is C15H23BrN2OS. The fourth-order valence-electron chi connectivity index (χ4n) is 2.14. The van der Waals surface area contributed by atoms with Gasteiger partial charge in [-0.1, -0.05) is 12.2 Å². The summed E-state index contributed by atoms with van der Waals surface area (Å²) in [5.41, 5.74) is 6.44. The van der Waals surface area contributed by atoms with Gasteiger partial charge in [0, 0.05) is 24.2 Å². The summed E-state index contributed by atoms with van der Waals surface area (Å²) in [4.78, 5) is 2.79. The van der Waals surface area contributed by atoms with Crippen molar-refractivity contribution < 1.29 is 4.74 Å². The van der Waals surface area contributed by atoms with Gasteiger partial charge in [-0.2, -0.15) is 0 Å². The summed E-state index contributed by atoms with van der Waals surface area (Å²) in [5.74, 6) is 0.817. The van der Waals surface area contributed by atoms with Crippen molar-refractivity contribution in [3.05, 3.63) is 28.2 Å². The van der Waals surface area contributed by atoms with Gasteiger partial charge in [0.1, 0.15) is 17.3 Å². The van der Waals surface area contributed by atoms with Crippen molar-refractivity contribution in [2.45, 2.75) is 39.8 Å². The van der Waals surface area contributed by atoms with E-state index in [0.29, 0.717) is 23.7 Å². The molecule has 0 bridgehead atoms. The normalized spacial score (nSPS) is 11.4. The van der Waals surface area contributed by atoms with Gasteiger partial charge in [0.15, 0.2) is 0 Å². The summed E-state index contributed by atoms with van der Waals surface area (Å²) in [6.45, 7) is 10.4. The van der Waals surface area contributed by atoms with Gasteiger partial charge in [-0.25, -0.2) is 0 Å². The fourth-order valence-corrected chi connectivity index (χ4v) is 2.77. The third kappa shape index (κ3) is 5.04. The molecule has 1 aromatic rings. The highest BCUT2D eigenvalue weighted by atomic mass is 79.9. The van der Waals surface area contributed by atoms with E-state index in [9.17, 15) is 0 Å². The van der Waals surface area contributed by atoms with E-state index < -0.39 is 0 Å². The topological polar surface area (TPSA) is 38.5 Å². The molecule has 20 heavy (non-hydrogen) atoms. The maximum atomic E-state index is 5.83. The van der Waals surface area contributed by atoms with Crippen LogP contribution < -0.4 is 10.5 Å². The average Bonchev–Trinajstić information content (AvgIpc) is 2.34. The maximum Gasteiger partial charge on any atom is 0.133 e. The van der Waals surface area contributed by atoms with Crippen LogP contribution in [0.4, 0.5) is 0 Å². The van der Waals surface area contributed by atoms with Crippen LogP contribution in [0.25, 0.3) is 0 Å². The summed E-state index contributed by atoms with van der Waals surface area (Å²) in [6, 6.07) is 6.69. The summed E-state index contributed by atoms with van der Waals surface area (Å²) in [7, 11) is 0.